The molecule has 0 radical (unpaired) electrons. The fourth-order valence-electron chi connectivity index (χ4n) is 8.39. The van der Waals surface area contributed by atoms with Gasteiger partial charge in [0, 0.05) is 31.2 Å². The summed E-state index contributed by atoms with van der Waals surface area (Å²) in [5.41, 5.74) is 9.14. The van der Waals surface area contributed by atoms with Crippen molar-refractivity contribution < 1.29 is 19.1 Å². The van der Waals surface area contributed by atoms with Crippen LogP contribution in [0.2, 0.25) is 0 Å². The number of nitrogens with zero attached hydrogens (tertiary/aromatic N) is 3. The molecular formula is C25H36N4O4. The molecule has 0 bridgehead atoms. The molecule has 0 heterocycles. The predicted molar refractivity (Wildman–Crippen MR) is 123 cm³/mol. The number of nitrogens with one attached hydrogen (secondary N) is 1. The molecule has 0 aromatic rings. The van der Waals surface area contributed by atoms with Gasteiger partial charge in [-0.25, -0.2) is 0 Å². The molecule has 3 unspecified atom stereocenters. The minimum Gasteiger partial charge on any atom is -0.462 e. The van der Waals surface area contributed by atoms with Crippen molar-refractivity contribution in [3.63, 3.8) is 0 Å². The van der Waals surface area contributed by atoms with Gasteiger partial charge in [-0.3, -0.25) is 14.4 Å². The number of allylic oxidation sites excluding steroid dienone is 1. The summed E-state index contributed by atoms with van der Waals surface area (Å²) in [4.78, 5) is 39.8. The lowest BCUT2D eigenvalue weighted by molar-refractivity contribution is -0.149. The zero-order chi connectivity index (χ0) is 24.2. The lowest BCUT2D eigenvalue weighted by Gasteiger charge is -2.59. The summed E-state index contributed by atoms with van der Waals surface area (Å²) in [6.07, 6.45) is 8.22. The average molecular weight is 457 g/mol. The SMILES string of the molecule is CC(=O)N[C@@H]1CC2C3CC=C4C[C@@H](OC(C)=O)CC[C@]4(C)C3CC[C@]2(C)[C@@]1(N=[N+]=[N-])C(C)=O. The number of amides is 1. The van der Waals surface area contributed by atoms with Crippen molar-refractivity contribution in [1.29, 1.82) is 0 Å². The minimum atomic E-state index is -1.26. The van der Waals surface area contributed by atoms with Gasteiger partial charge in [0.2, 0.25) is 5.91 Å². The van der Waals surface area contributed by atoms with E-state index in [0.29, 0.717) is 18.3 Å². The van der Waals surface area contributed by atoms with Crippen LogP contribution in [0.5, 0.6) is 0 Å². The third-order valence-electron chi connectivity index (χ3n) is 9.76. The number of rotatable bonds is 4. The summed E-state index contributed by atoms with van der Waals surface area (Å²) >= 11 is 0. The number of hydrogen-bond acceptors (Lipinski definition) is 5. The van der Waals surface area contributed by atoms with Crippen molar-refractivity contribution in [3.8, 4) is 0 Å². The lowest BCUT2D eigenvalue weighted by atomic mass is 9.46. The molecule has 8 nitrogen and oxygen atoms in total. The summed E-state index contributed by atoms with van der Waals surface area (Å²) in [6.45, 7) is 8.88. The van der Waals surface area contributed by atoms with Gasteiger partial charge in [0.1, 0.15) is 17.4 Å². The van der Waals surface area contributed by atoms with Crippen LogP contribution in [-0.2, 0) is 19.1 Å². The van der Waals surface area contributed by atoms with Gasteiger partial charge in [0.25, 0.3) is 0 Å². The molecule has 4 rings (SSSR count). The van der Waals surface area contributed by atoms with Crippen LogP contribution in [0.15, 0.2) is 16.8 Å². The highest BCUT2D eigenvalue weighted by Gasteiger charge is 2.69. The molecule has 0 saturated heterocycles. The molecule has 0 aromatic heterocycles. The number of fused-ring (bicyclic) bond motifs is 5. The minimum absolute atomic E-state index is 0.0433. The van der Waals surface area contributed by atoms with Crippen LogP contribution in [-0.4, -0.2) is 35.3 Å². The monoisotopic (exact) mass is 456 g/mol. The zero-order valence-electron chi connectivity index (χ0n) is 20.4. The van der Waals surface area contributed by atoms with Crippen LogP contribution in [0.4, 0.5) is 0 Å². The molecule has 1 amide bonds. The highest BCUT2D eigenvalue weighted by molar-refractivity contribution is 5.90. The molecule has 0 aromatic carbocycles. The van der Waals surface area contributed by atoms with E-state index in [4.69, 9.17) is 4.74 Å². The molecule has 0 spiro atoms. The van der Waals surface area contributed by atoms with E-state index in [1.54, 1.807) is 0 Å². The fourth-order valence-corrected chi connectivity index (χ4v) is 8.39. The first-order valence-electron chi connectivity index (χ1n) is 12.2. The van der Waals surface area contributed by atoms with Gasteiger partial charge in [0.05, 0.1) is 0 Å². The Hall–Kier alpha value is -2.34. The molecule has 0 aliphatic heterocycles. The Morgan fingerprint density at radius 2 is 1.88 bits per heavy atom. The number of carbonyl (C=O) groups excluding carboxylic acids is 3. The van der Waals surface area contributed by atoms with Gasteiger partial charge in [-0.2, -0.15) is 0 Å². The van der Waals surface area contributed by atoms with Crippen LogP contribution in [0, 0.1) is 28.6 Å². The summed E-state index contributed by atoms with van der Waals surface area (Å²) in [5.74, 6) is 0.389. The second kappa shape index (κ2) is 8.15. The van der Waals surface area contributed by atoms with E-state index in [0.717, 1.165) is 38.5 Å². The first-order chi connectivity index (χ1) is 15.5. The molecule has 33 heavy (non-hydrogen) atoms. The lowest BCUT2D eigenvalue weighted by Crippen LogP contribution is -2.61. The largest absolute Gasteiger partial charge is 0.462 e. The fraction of sp³-hybridized carbons (Fsp3) is 0.800. The molecular weight excluding hydrogens is 420 g/mol. The zero-order valence-corrected chi connectivity index (χ0v) is 20.4. The van der Waals surface area contributed by atoms with Crippen LogP contribution in [0.1, 0.15) is 79.6 Å². The van der Waals surface area contributed by atoms with Gasteiger partial charge in [-0.15, -0.1) is 0 Å². The third-order valence-corrected chi connectivity index (χ3v) is 9.76. The maximum atomic E-state index is 13.1. The van der Waals surface area contributed by atoms with Gasteiger partial charge in [0.15, 0.2) is 0 Å². The summed E-state index contributed by atoms with van der Waals surface area (Å²) in [7, 11) is 0. The van der Waals surface area contributed by atoms with E-state index in [1.807, 2.05) is 0 Å². The van der Waals surface area contributed by atoms with Crippen molar-refractivity contribution in [2.45, 2.75) is 97.2 Å². The van der Waals surface area contributed by atoms with Gasteiger partial charge in [-0.05, 0) is 79.6 Å². The Morgan fingerprint density at radius 3 is 2.48 bits per heavy atom. The molecule has 4 aliphatic rings. The number of hydrogen-bond donors (Lipinski definition) is 1. The second-order valence-corrected chi connectivity index (χ2v) is 11.2. The first-order valence-corrected chi connectivity index (χ1v) is 12.2. The average Bonchev–Trinajstić information content (AvgIpc) is 2.97. The Balaban J connectivity index is 1.71. The van der Waals surface area contributed by atoms with E-state index >= 15 is 0 Å². The number of ether oxygens (including phenoxy) is 1. The highest BCUT2D eigenvalue weighted by Crippen LogP contribution is 2.68. The van der Waals surface area contributed by atoms with Crippen molar-refractivity contribution >= 4 is 17.7 Å². The van der Waals surface area contributed by atoms with Crippen LogP contribution in [0.25, 0.3) is 10.4 Å². The molecule has 8 heteroatoms. The smallest absolute Gasteiger partial charge is 0.302 e. The molecule has 3 fully saturated rings. The van der Waals surface area contributed by atoms with E-state index in [-0.39, 0.29) is 35.1 Å². The molecule has 180 valence electrons. The molecule has 1 N–H and O–H groups in total. The normalized spacial score (nSPS) is 43.7. The predicted octanol–water partition coefficient (Wildman–Crippen LogP) is 4.63. The number of esters is 1. The van der Waals surface area contributed by atoms with E-state index in [9.17, 15) is 19.9 Å². The van der Waals surface area contributed by atoms with Crippen molar-refractivity contribution in [3.05, 3.63) is 22.1 Å². The van der Waals surface area contributed by atoms with Crippen LogP contribution in [0.3, 0.4) is 0 Å². The second-order valence-electron chi connectivity index (χ2n) is 11.2. The quantitative estimate of drug-likeness (QED) is 0.218. The number of carbonyl (C=O) groups is 3. The first kappa shape index (κ1) is 23.8. The molecule has 8 atom stereocenters. The van der Waals surface area contributed by atoms with Gasteiger partial charge in [-0.1, -0.05) is 30.6 Å². The topological polar surface area (TPSA) is 121 Å². The number of azide groups is 1. The van der Waals surface area contributed by atoms with Gasteiger partial charge >= 0.3 is 5.97 Å². The summed E-state index contributed by atoms with van der Waals surface area (Å²) in [5, 5.41) is 7.15. The number of Topliss-reactive ketones (excluding diaryl/α,β-unsaturated/α-hetero) is 1. The van der Waals surface area contributed by atoms with E-state index in [2.05, 4.69) is 35.3 Å². The van der Waals surface area contributed by atoms with Crippen molar-refractivity contribution in [1.82, 2.24) is 5.32 Å². The Bertz CT molecular complexity index is 952. The molecule has 4 aliphatic carbocycles. The Labute approximate surface area is 195 Å². The summed E-state index contributed by atoms with van der Waals surface area (Å²) in [6, 6.07) is -0.491. The van der Waals surface area contributed by atoms with Crippen LogP contribution < -0.4 is 5.32 Å². The van der Waals surface area contributed by atoms with Gasteiger partial charge < -0.3 is 10.1 Å². The Morgan fingerprint density at radius 1 is 1.15 bits per heavy atom. The highest BCUT2D eigenvalue weighted by atomic mass is 16.5. The third kappa shape index (κ3) is 3.40. The summed E-state index contributed by atoms with van der Waals surface area (Å²) < 4.78 is 5.53. The van der Waals surface area contributed by atoms with Crippen LogP contribution >= 0.6 is 0 Å². The van der Waals surface area contributed by atoms with E-state index < -0.39 is 17.0 Å². The molecule has 3 saturated carbocycles. The van der Waals surface area contributed by atoms with E-state index in [1.165, 1.54) is 26.3 Å². The van der Waals surface area contributed by atoms with Crippen molar-refractivity contribution in [2.24, 2.45) is 33.7 Å². The Kier molecular flexibility index (Phi) is 5.88. The standard InChI is InChI=1S/C25H36N4O4/c1-14(30)25(28-29-26)22(27-15(2)31)13-21-19-7-6-17-12-18(33-16(3)32)8-10-23(17,4)20(19)9-11-24(21,25)5/h6,18-22H,7-13H2,1-5H3,(H,27,31)/t18-,19?,20?,21?,22+,23-,24-,25+/m0/s1. The maximum absolute atomic E-state index is 13.1. The number of ketones is 1. The van der Waals surface area contributed by atoms with Crippen molar-refractivity contribution in [2.75, 3.05) is 0 Å². The maximum Gasteiger partial charge on any atom is 0.302 e.